The Bertz CT molecular complexity index is 487. The highest BCUT2D eigenvalue weighted by Gasteiger charge is 2.27. The molecule has 4 heteroatoms. The molecule has 0 aliphatic carbocycles. The molecule has 1 heterocycles. The first kappa shape index (κ1) is 14.8. The number of carbonyl (C=O) groups is 1. The van der Waals surface area contributed by atoms with E-state index in [1.165, 1.54) is 18.6 Å². The number of nitrogens with zero attached hydrogens (tertiary/aromatic N) is 1. The summed E-state index contributed by atoms with van der Waals surface area (Å²) >= 11 is 0. The van der Waals surface area contributed by atoms with Gasteiger partial charge in [0.15, 0.2) is 0 Å². The molecular formula is C16H23FN2O. The topological polar surface area (TPSA) is 32.3 Å². The van der Waals surface area contributed by atoms with E-state index in [-0.39, 0.29) is 11.8 Å². The van der Waals surface area contributed by atoms with Crippen molar-refractivity contribution < 1.29 is 9.18 Å². The first-order chi connectivity index (χ1) is 9.38. The van der Waals surface area contributed by atoms with E-state index in [1.807, 2.05) is 24.8 Å². The van der Waals surface area contributed by atoms with Crippen LogP contribution in [0.5, 0.6) is 0 Å². The van der Waals surface area contributed by atoms with Crippen LogP contribution in [0.25, 0.3) is 0 Å². The number of hydrogen-bond acceptors (Lipinski definition) is 1. The molecule has 2 amide bonds. The van der Waals surface area contributed by atoms with Crippen LogP contribution >= 0.6 is 0 Å². The van der Waals surface area contributed by atoms with Crippen molar-refractivity contribution in [3.05, 3.63) is 35.6 Å². The maximum atomic E-state index is 13.3. The predicted molar refractivity (Wildman–Crippen MR) is 77.9 cm³/mol. The van der Waals surface area contributed by atoms with Gasteiger partial charge in [0.25, 0.3) is 0 Å². The molecule has 1 aliphatic heterocycles. The fraction of sp³-hybridized carbons (Fsp3) is 0.562. The summed E-state index contributed by atoms with van der Waals surface area (Å²) in [6.45, 7) is 7.55. The second kappa shape index (κ2) is 5.81. The van der Waals surface area contributed by atoms with E-state index in [4.69, 9.17) is 0 Å². The largest absolute Gasteiger partial charge is 0.329 e. The normalized spacial score (nSPS) is 19.8. The number of rotatable bonds is 2. The van der Waals surface area contributed by atoms with Gasteiger partial charge in [0.2, 0.25) is 0 Å². The number of piperidine rings is 1. The van der Waals surface area contributed by atoms with Crippen LogP contribution in [0.15, 0.2) is 24.3 Å². The molecule has 0 saturated carbocycles. The molecule has 1 N–H and O–H groups in total. The number of urea groups is 1. The van der Waals surface area contributed by atoms with Crippen molar-refractivity contribution in [1.29, 1.82) is 0 Å². The van der Waals surface area contributed by atoms with Gasteiger partial charge in [0.05, 0.1) is 5.54 Å². The number of likely N-dealkylation sites (tertiary alicyclic amines) is 1. The van der Waals surface area contributed by atoms with Gasteiger partial charge in [-0.3, -0.25) is 0 Å². The van der Waals surface area contributed by atoms with Gasteiger partial charge < -0.3 is 10.2 Å². The minimum atomic E-state index is -0.583. The van der Waals surface area contributed by atoms with Gasteiger partial charge in [0, 0.05) is 13.1 Å². The van der Waals surface area contributed by atoms with Crippen molar-refractivity contribution in [3.8, 4) is 0 Å². The molecule has 0 spiro atoms. The molecule has 1 unspecified atom stereocenters. The lowest BCUT2D eigenvalue weighted by atomic mass is 9.94. The van der Waals surface area contributed by atoms with Gasteiger partial charge in [-0.25, -0.2) is 9.18 Å². The lowest BCUT2D eigenvalue weighted by Crippen LogP contribution is -2.51. The third-order valence-corrected chi connectivity index (χ3v) is 3.91. The molecule has 1 aliphatic rings. The van der Waals surface area contributed by atoms with Gasteiger partial charge in [0.1, 0.15) is 5.82 Å². The van der Waals surface area contributed by atoms with Crippen molar-refractivity contribution >= 4 is 6.03 Å². The predicted octanol–water partition coefficient (Wildman–Crippen LogP) is 3.50. The lowest BCUT2D eigenvalue weighted by molar-refractivity contribution is 0.160. The van der Waals surface area contributed by atoms with Gasteiger partial charge in [-0.05, 0) is 50.3 Å². The first-order valence-corrected chi connectivity index (χ1v) is 7.21. The van der Waals surface area contributed by atoms with E-state index < -0.39 is 5.54 Å². The highest BCUT2D eigenvalue weighted by Crippen LogP contribution is 2.22. The summed E-state index contributed by atoms with van der Waals surface area (Å²) in [5, 5.41) is 3.01. The van der Waals surface area contributed by atoms with E-state index in [9.17, 15) is 9.18 Å². The number of amides is 2. The van der Waals surface area contributed by atoms with E-state index in [2.05, 4.69) is 12.2 Å². The monoisotopic (exact) mass is 278 g/mol. The summed E-state index contributed by atoms with van der Waals surface area (Å²) in [5.74, 6) is 0.267. The maximum absolute atomic E-state index is 13.3. The highest BCUT2D eigenvalue weighted by molar-refractivity contribution is 5.75. The minimum absolute atomic E-state index is 0.0641. The van der Waals surface area contributed by atoms with Crippen LogP contribution in [-0.4, -0.2) is 24.0 Å². The maximum Gasteiger partial charge on any atom is 0.318 e. The third kappa shape index (κ3) is 3.50. The van der Waals surface area contributed by atoms with Crippen LogP contribution in [0.2, 0.25) is 0 Å². The molecular weight excluding hydrogens is 255 g/mol. The molecule has 2 rings (SSSR count). The Kier molecular flexibility index (Phi) is 4.31. The van der Waals surface area contributed by atoms with Crippen LogP contribution in [0.1, 0.15) is 39.2 Å². The summed E-state index contributed by atoms with van der Waals surface area (Å²) in [4.78, 5) is 14.2. The number of benzene rings is 1. The van der Waals surface area contributed by atoms with Crippen LogP contribution in [0, 0.1) is 11.7 Å². The first-order valence-electron chi connectivity index (χ1n) is 7.21. The summed E-state index contributed by atoms with van der Waals surface area (Å²) < 4.78 is 13.3. The number of halogens is 1. The quantitative estimate of drug-likeness (QED) is 0.882. The Morgan fingerprint density at radius 2 is 2.20 bits per heavy atom. The molecule has 1 atom stereocenters. The van der Waals surface area contributed by atoms with Crippen LogP contribution < -0.4 is 5.32 Å². The van der Waals surface area contributed by atoms with Gasteiger partial charge >= 0.3 is 6.03 Å². The Hall–Kier alpha value is -1.58. The van der Waals surface area contributed by atoms with E-state index in [0.29, 0.717) is 5.92 Å². The van der Waals surface area contributed by atoms with Crippen LogP contribution in [0.4, 0.5) is 9.18 Å². The molecule has 1 aromatic rings. The number of hydrogen-bond donors (Lipinski definition) is 1. The van der Waals surface area contributed by atoms with E-state index in [1.54, 1.807) is 6.07 Å². The fourth-order valence-corrected chi connectivity index (χ4v) is 2.67. The van der Waals surface area contributed by atoms with Crippen molar-refractivity contribution in [2.45, 2.75) is 39.2 Å². The average Bonchev–Trinajstić information content (AvgIpc) is 2.38. The molecule has 0 aromatic heterocycles. The molecule has 1 fully saturated rings. The van der Waals surface area contributed by atoms with Crippen molar-refractivity contribution in [2.75, 3.05) is 13.1 Å². The SMILES string of the molecule is CC1CCCN(C(=O)NC(C)(C)c2cccc(F)c2)C1. The number of carbonyl (C=O) groups excluding carboxylic acids is 1. The second-order valence-corrected chi connectivity index (χ2v) is 6.26. The lowest BCUT2D eigenvalue weighted by Gasteiger charge is -2.35. The molecule has 20 heavy (non-hydrogen) atoms. The van der Waals surface area contributed by atoms with Crippen LogP contribution in [-0.2, 0) is 5.54 Å². The molecule has 0 bridgehead atoms. The number of nitrogens with one attached hydrogen (secondary N) is 1. The standard InChI is InChI=1S/C16H23FN2O/c1-12-6-5-9-19(11-12)15(20)18-16(2,3)13-7-4-8-14(17)10-13/h4,7-8,10,12H,5-6,9,11H2,1-3H3,(H,18,20). The highest BCUT2D eigenvalue weighted by atomic mass is 19.1. The summed E-state index contributed by atoms with van der Waals surface area (Å²) in [6, 6.07) is 6.32. The minimum Gasteiger partial charge on any atom is -0.329 e. The third-order valence-electron chi connectivity index (χ3n) is 3.91. The van der Waals surface area contributed by atoms with Gasteiger partial charge in [-0.2, -0.15) is 0 Å². The molecule has 1 saturated heterocycles. The molecule has 3 nitrogen and oxygen atoms in total. The van der Waals surface area contributed by atoms with E-state index >= 15 is 0 Å². The Labute approximate surface area is 120 Å². The molecule has 1 aromatic carbocycles. The zero-order valence-corrected chi connectivity index (χ0v) is 12.4. The molecule has 110 valence electrons. The Morgan fingerprint density at radius 3 is 2.85 bits per heavy atom. The van der Waals surface area contributed by atoms with Gasteiger partial charge in [-0.1, -0.05) is 19.1 Å². The average molecular weight is 278 g/mol. The van der Waals surface area contributed by atoms with E-state index in [0.717, 1.165) is 25.1 Å². The van der Waals surface area contributed by atoms with Crippen molar-refractivity contribution in [2.24, 2.45) is 5.92 Å². The van der Waals surface area contributed by atoms with Crippen LogP contribution in [0.3, 0.4) is 0 Å². The summed E-state index contributed by atoms with van der Waals surface area (Å²) in [7, 11) is 0. The zero-order chi connectivity index (χ0) is 14.8. The summed E-state index contributed by atoms with van der Waals surface area (Å²) in [6.07, 6.45) is 2.23. The van der Waals surface area contributed by atoms with Crippen molar-refractivity contribution in [1.82, 2.24) is 10.2 Å². The van der Waals surface area contributed by atoms with Gasteiger partial charge in [-0.15, -0.1) is 0 Å². The zero-order valence-electron chi connectivity index (χ0n) is 12.4. The Morgan fingerprint density at radius 1 is 1.45 bits per heavy atom. The molecule has 0 radical (unpaired) electrons. The second-order valence-electron chi connectivity index (χ2n) is 6.26. The van der Waals surface area contributed by atoms with Crippen molar-refractivity contribution in [3.63, 3.8) is 0 Å². The Balaban J connectivity index is 2.05. The summed E-state index contributed by atoms with van der Waals surface area (Å²) in [5.41, 5.74) is 0.191. The fourth-order valence-electron chi connectivity index (χ4n) is 2.67. The smallest absolute Gasteiger partial charge is 0.318 e.